The van der Waals surface area contributed by atoms with E-state index in [4.69, 9.17) is 10.5 Å². The number of carbonyl (C=O) groups excluding carboxylic acids is 1. The van der Waals surface area contributed by atoms with Crippen molar-refractivity contribution in [3.05, 3.63) is 29.1 Å². The Kier molecular flexibility index (Phi) is 2.64. The fourth-order valence-corrected chi connectivity index (χ4v) is 3.04. The van der Waals surface area contributed by atoms with Gasteiger partial charge in [0, 0.05) is 23.8 Å². The third-order valence-corrected chi connectivity index (χ3v) is 4.26. The zero-order chi connectivity index (χ0) is 13.6. The van der Waals surface area contributed by atoms with E-state index in [1.54, 1.807) is 7.11 Å². The second-order valence-electron chi connectivity index (χ2n) is 4.30. The normalized spacial score (nSPS) is 11.1. The van der Waals surface area contributed by atoms with Crippen LogP contribution in [0.5, 0.6) is 5.75 Å². The Morgan fingerprint density at radius 2 is 2.16 bits per heavy atom. The summed E-state index contributed by atoms with van der Waals surface area (Å²) in [6, 6.07) is 7.66. The summed E-state index contributed by atoms with van der Waals surface area (Å²) in [7, 11) is 1.62. The lowest BCUT2D eigenvalue weighted by atomic mass is 10.1. The van der Waals surface area contributed by atoms with Gasteiger partial charge in [-0.25, -0.2) is 4.98 Å². The van der Waals surface area contributed by atoms with Gasteiger partial charge in [-0.15, -0.1) is 11.3 Å². The molecule has 2 heterocycles. The molecular formula is C14H12N2O2S. The molecule has 0 atom stereocenters. The first-order valence-electron chi connectivity index (χ1n) is 5.78. The number of fused-ring (bicyclic) bond motifs is 2. The molecule has 0 aliphatic rings. The van der Waals surface area contributed by atoms with Gasteiger partial charge in [-0.05, 0) is 18.2 Å². The molecule has 3 aromatic rings. The summed E-state index contributed by atoms with van der Waals surface area (Å²) in [5.74, 6) is 0.734. The lowest BCUT2D eigenvalue weighted by Crippen LogP contribution is -1.93. The number of rotatable bonds is 2. The minimum Gasteiger partial charge on any atom is -0.497 e. The predicted molar refractivity (Wildman–Crippen MR) is 78.1 cm³/mol. The lowest BCUT2D eigenvalue weighted by molar-refractivity contribution is 0.102. The predicted octanol–water partition coefficient (Wildman–Crippen LogP) is 3.24. The maximum Gasteiger partial charge on any atom is 0.171 e. The number of carbonyl (C=O) groups is 1. The number of nitrogens with zero attached hydrogens (tertiary/aromatic N) is 1. The number of pyridine rings is 1. The van der Waals surface area contributed by atoms with Gasteiger partial charge in [-0.2, -0.15) is 0 Å². The minimum absolute atomic E-state index is 0.0258. The molecule has 96 valence electrons. The Morgan fingerprint density at radius 3 is 2.84 bits per heavy atom. The quantitative estimate of drug-likeness (QED) is 0.727. The number of hydrogen-bond acceptors (Lipinski definition) is 5. The van der Waals surface area contributed by atoms with E-state index in [1.165, 1.54) is 18.3 Å². The average Bonchev–Trinajstić information content (AvgIpc) is 2.73. The fraction of sp³-hybridized carbons (Fsp3) is 0.143. The third-order valence-electron chi connectivity index (χ3n) is 3.04. The number of ether oxygens (including phenoxy) is 1. The van der Waals surface area contributed by atoms with Crippen LogP contribution in [0, 0.1) is 0 Å². The monoisotopic (exact) mass is 272 g/mol. The number of Topliss-reactive ketones (excluding diaryl/α,β-unsaturated/α-hetero) is 1. The Bertz CT molecular complexity index is 808. The number of benzene rings is 1. The van der Waals surface area contributed by atoms with Gasteiger partial charge in [-0.1, -0.05) is 0 Å². The van der Waals surface area contributed by atoms with E-state index in [9.17, 15) is 4.79 Å². The van der Waals surface area contributed by atoms with E-state index in [0.29, 0.717) is 10.6 Å². The number of thiophene rings is 1. The van der Waals surface area contributed by atoms with Crippen LogP contribution in [0.15, 0.2) is 24.3 Å². The molecular weight excluding hydrogens is 260 g/mol. The zero-order valence-electron chi connectivity index (χ0n) is 10.6. The molecule has 3 rings (SSSR count). The number of aromatic nitrogens is 1. The van der Waals surface area contributed by atoms with Crippen LogP contribution in [0.4, 0.5) is 5.69 Å². The Morgan fingerprint density at radius 1 is 1.37 bits per heavy atom. The maximum atomic E-state index is 11.5. The first kappa shape index (κ1) is 11.9. The molecule has 4 nitrogen and oxygen atoms in total. The number of ketones is 1. The molecule has 0 unspecified atom stereocenters. The molecule has 2 N–H and O–H groups in total. The van der Waals surface area contributed by atoms with Crippen LogP contribution in [-0.4, -0.2) is 17.9 Å². The molecule has 0 saturated heterocycles. The third kappa shape index (κ3) is 1.82. The molecule has 0 spiro atoms. The smallest absolute Gasteiger partial charge is 0.171 e. The number of methoxy groups -OCH3 is 1. The SMILES string of the molecule is COc1ccc2cc3c(N)c(C(C)=O)sc3nc2c1. The highest BCUT2D eigenvalue weighted by Gasteiger charge is 2.14. The Hall–Kier alpha value is -2.14. The molecule has 0 fully saturated rings. The van der Waals surface area contributed by atoms with E-state index in [2.05, 4.69) is 4.98 Å². The number of nitrogen functional groups attached to an aromatic ring is 1. The Balaban J connectivity index is 2.35. The molecule has 0 saturated carbocycles. The van der Waals surface area contributed by atoms with Crippen molar-refractivity contribution in [1.29, 1.82) is 0 Å². The molecule has 1 aromatic carbocycles. The van der Waals surface area contributed by atoms with Gasteiger partial charge in [0.25, 0.3) is 0 Å². The van der Waals surface area contributed by atoms with Gasteiger partial charge in [-0.3, -0.25) is 4.79 Å². The van der Waals surface area contributed by atoms with E-state index >= 15 is 0 Å². The molecule has 0 bridgehead atoms. The van der Waals surface area contributed by atoms with Crippen molar-refractivity contribution in [2.24, 2.45) is 0 Å². The van der Waals surface area contributed by atoms with Gasteiger partial charge in [0.1, 0.15) is 10.6 Å². The number of hydrogen-bond donors (Lipinski definition) is 1. The summed E-state index contributed by atoms with van der Waals surface area (Å²) in [4.78, 5) is 17.4. The highest BCUT2D eigenvalue weighted by Crippen LogP contribution is 2.35. The van der Waals surface area contributed by atoms with E-state index < -0.39 is 0 Å². The van der Waals surface area contributed by atoms with Crippen LogP contribution >= 0.6 is 11.3 Å². The molecule has 0 radical (unpaired) electrons. The first-order valence-corrected chi connectivity index (χ1v) is 6.59. The van der Waals surface area contributed by atoms with Crippen molar-refractivity contribution < 1.29 is 9.53 Å². The van der Waals surface area contributed by atoms with Crippen molar-refractivity contribution in [2.75, 3.05) is 12.8 Å². The van der Waals surface area contributed by atoms with Crippen LogP contribution in [-0.2, 0) is 0 Å². The van der Waals surface area contributed by atoms with Gasteiger partial charge < -0.3 is 10.5 Å². The Labute approximate surface area is 113 Å². The second kappa shape index (κ2) is 4.20. The molecule has 0 aliphatic carbocycles. The standard InChI is InChI=1S/C14H12N2O2S/c1-7(17)13-12(15)10-5-8-3-4-9(18-2)6-11(8)16-14(10)19-13/h3-6H,15H2,1-2H3. The zero-order valence-corrected chi connectivity index (χ0v) is 11.4. The minimum atomic E-state index is -0.0258. The van der Waals surface area contributed by atoms with Crippen molar-refractivity contribution in [3.8, 4) is 5.75 Å². The molecule has 2 aromatic heterocycles. The lowest BCUT2D eigenvalue weighted by Gasteiger charge is -2.02. The number of anilines is 1. The van der Waals surface area contributed by atoms with Gasteiger partial charge in [0.2, 0.25) is 0 Å². The van der Waals surface area contributed by atoms with Gasteiger partial charge in [0.05, 0.1) is 23.2 Å². The summed E-state index contributed by atoms with van der Waals surface area (Å²) in [5.41, 5.74) is 7.37. The highest BCUT2D eigenvalue weighted by atomic mass is 32.1. The molecule has 19 heavy (non-hydrogen) atoms. The summed E-state index contributed by atoms with van der Waals surface area (Å²) in [5, 5.41) is 1.82. The van der Waals surface area contributed by atoms with Crippen molar-refractivity contribution in [1.82, 2.24) is 4.98 Å². The van der Waals surface area contributed by atoms with Crippen LogP contribution in [0.25, 0.3) is 21.1 Å². The fourth-order valence-electron chi connectivity index (χ4n) is 2.06. The first-order chi connectivity index (χ1) is 9.10. The van der Waals surface area contributed by atoms with E-state index in [0.717, 1.165) is 26.9 Å². The second-order valence-corrected chi connectivity index (χ2v) is 5.30. The molecule has 0 amide bonds. The average molecular weight is 272 g/mol. The maximum absolute atomic E-state index is 11.5. The van der Waals surface area contributed by atoms with Crippen molar-refractivity contribution in [3.63, 3.8) is 0 Å². The van der Waals surface area contributed by atoms with Crippen molar-refractivity contribution in [2.45, 2.75) is 6.92 Å². The van der Waals surface area contributed by atoms with Crippen LogP contribution in [0.3, 0.4) is 0 Å². The molecule has 5 heteroatoms. The van der Waals surface area contributed by atoms with Crippen LogP contribution in [0.1, 0.15) is 16.6 Å². The summed E-state index contributed by atoms with van der Waals surface area (Å²) >= 11 is 1.33. The van der Waals surface area contributed by atoms with Crippen LogP contribution in [0.2, 0.25) is 0 Å². The van der Waals surface area contributed by atoms with Gasteiger partial charge in [0.15, 0.2) is 5.78 Å². The largest absolute Gasteiger partial charge is 0.497 e. The summed E-state index contributed by atoms with van der Waals surface area (Å²) < 4.78 is 5.19. The number of nitrogens with two attached hydrogens (primary N) is 1. The van der Waals surface area contributed by atoms with Gasteiger partial charge >= 0.3 is 0 Å². The van der Waals surface area contributed by atoms with Crippen molar-refractivity contribution >= 4 is 43.9 Å². The van der Waals surface area contributed by atoms with E-state index in [1.807, 2.05) is 24.3 Å². The summed E-state index contributed by atoms with van der Waals surface area (Å²) in [6.07, 6.45) is 0. The summed E-state index contributed by atoms with van der Waals surface area (Å²) in [6.45, 7) is 1.52. The highest BCUT2D eigenvalue weighted by molar-refractivity contribution is 7.21. The van der Waals surface area contributed by atoms with E-state index in [-0.39, 0.29) is 5.78 Å². The topological polar surface area (TPSA) is 65.2 Å². The van der Waals surface area contributed by atoms with Crippen LogP contribution < -0.4 is 10.5 Å². The molecule has 0 aliphatic heterocycles.